The minimum Gasteiger partial charge on any atom is -0.179 e. The molecule has 62 valence electrons. The number of aromatic nitrogens is 3. The van der Waals surface area contributed by atoms with Gasteiger partial charge in [-0.1, -0.05) is 0 Å². The van der Waals surface area contributed by atoms with Crippen molar-refractivity contribution in [3.63, 3.8) is 0 Å². The lowest BCUT2D eigenvalue weighted by Crippen LogP contribution is -2.24. The van der Waals surface area contributed by atoms with Crippen molar-refractivity contribution in [3.05, 3.63) is 11.4 Å². The summed E-state index contributed by atoms with van der Waals surface area (Å²) in [5.41, 5.74) is 2.03. The van der Waals surface area contributed by atoms with Crippen LogP contribution in [-0.4, -0.2) is 15.0 Å². The zero-order valence-corrected chi connectivity index (χ0v) is 7.84. The van der Waals surface area contributed by atoms with Gasteiger partial charge in [0.25, 0.3) is 0 Å². The molecule has 0 bridgehead atoms. The van der Waals surface area contributed by atoms with E-state index in [4.69, 9.17) is 0 Å². The van der Waals surface area contributed by atoms with E-state index in [0.29, 0.717) is 0 Å². The molecular formula is C8H15N3. The maximum absolute atomic E-state index is 4.29. The van der Waals surface area contributed by atoms with Gasteiger partial charge in [-0.25, -0.2) is 0 Å². The molecule has 0 N–H and O–H groups in total. The number of nitrogens with zero attached hydrogens (tertiary/aromatic N) is 3. The SMILES string of the molecule is Cc1nn(C(C)(C)C)nc1C. The Morgan fingerprint density at radius 1 is 1.00 bits per heavy atom. The summed E-state index contributed by atoms with van der Waals surface area (Å²) >= 11 is 0. The predicted octanol–water partition coefficient (Wildman–Crippen LogP) is 1.65. The predicted molar refractivity (Wildman–Crippen MR) is 44.5 cm³/mol. The van der Waals surface area contributed by atoms with E-state index in [1.807, 2.05) is 13.8 Å². The Morgan fingerprint density at radius 3 is 1.55 bits per heavy atom. The van der Waals surface area contributed by atoms with E-state index in [9.17, 15) is 0 Å². The lowest BCUT2D eigenvalue weighted by atomic mass is 10.1. The van der Waals surface area contributed by atoms with Gasteiger partial charge in [-0.3, -0.25) is 0 Å². The number of hydrogen-bond donors (Lipinski definition) is 0. The second-order valence-electron chi connectivity index (χ2n) is 3.83. The standard InChI is InChI=1S/C8H15N3/c1-6-7(2)10-11(9-6)8(3,4)5/h1-5H3. The summed E-state index contributed by atoms with van der Waals surface area (Å²) in [6.07, 6.45) is 0. The molecule has 0 aromatic carbocycles. The van der Waals surface area contributed by atoms with Crippen molar-refractivity contribution in [1.29, 1.82) is 0 Å². The fourth-order valence-electron chi connectivity index (χ4n) is 0.751. The first-order valence-corrected chi connectivity index (χ1v) is 3.82. The molecule has 0 atom stereocenters. The topological polar surface area (TPSA) is 30.7 Å². The van der Waals surface area contributed by atoms with Crippen LogP contribution in [-0.2, 0) is 5.54 Å². The van der Waals surface area contributed by atoms with E-state index in [-0.39, 0.29) is 5.54 Å². The van der Waals surface area contributed by atoms with Gasteiger partial charge in [0.15, 0.2) is 0 Å². The minimum atomic E-state index is -0.000972. The number of rotatable bonds is 0. The van der Waals surface area contributed by atoms with Crippen molar-refractivity contribution in [2.75, 3.05) is 0 Å². The molecule has 0 aliphatic carbocycles. The van der Waals surface area contributed by atoms with Crippen molar-refractivity contribution >= 4 is 0 Å². The quantitative estimate of drug-likeness (QED) is 0.567. The normalized spacial score (nSPS) is 12.1. The van der Waals surface area contributed by atoms with E-state index in [1.54, 1.807) is 4.80 Å². The summed E-state index contributed by atoms with van der Waals surface area (Å²) in [5, 5.41) is 8.57. The van der Waals surface area contributed by atoms with E-state index >= 15 is 0 Å². The van der Waals surface area contributed by atoms with Crippen molar-refractivity contribution in [2.45, 2.75) is 40.2 Å². The van der Waals surface area contributed by atoms with Gasteiger partial charge in [0.2, 0.25) is 0 Å². The van der Waals surface area contributed by atoms with Crippen LogP contribution in [0.5, 0.6) is 0 Å². The zero-order valence-electron chi connectivity index (χ0n) is 7.84. The third-order valence-corrected chi connectivity index (χ3v) is 1.61. The molecule has 0 unspecified atom stereocenters. The third kappa shape index (κ3) is 1.59. The second kappa shape index (κ2) is 2.32. The maximum atomic E-state index is 4.29. The molecule has 0 spiro atoms. The molecular weight excluding hydrogens is 138 g/mol. The van der Waals surface area contributed by atoms with Crippen LogP contribution in [0.2, 0.25) is 0 Å². The van der Waals surface area contributed by atoms with Gasteiger partial charge in [0.1, 0.15) is 0 Å². The highest BCUT2D eigenvalue weighted by Gasteiger charge is 2.16. The summed E-state index contributed by atoms with van der Waals surface area (Å²) in [5.74, 6) is 0. The average Bonchev–Trinajstić information content (AvgIpc) is 2.11. The van der Waals surface area contributed by atoms with Gasteiger partial charge < -0.3 is 0 Å². The van der Waals surface area contributed by atoms with Crippen LogP contribution in [0, 0.1) is 13.8 Å². The number of hydrogen-bond acceptors (Lipinski definition) is 2. The van der Waals surface area contributed by atoms with Gasteiger partial charge in [-0.05, 0) is 34.6 Å². The third-order valence-electron chi connectivity index (χ3n) is 1.61. The Kier molecular flexibility index (Phi) is 1.74. The highest BCUT2D eigenvalue weighted by Crippen LogP contribution is 2.11. The zero-order chi connectivity index (χ0) is 8.65. The highest BCUT2D eigenvalue weighted by atomic mass is 15.5. The summed E-state index contributed by atoms with van der Waals surface area (Å²) in [4.78, 5) is 1.76. The van der Waals surface area contributed by atoms with Gasteiger partial charge in [-0.15, -0.1) is 0 Å². The van der Waals surface area contributed by atoms with Crippen LogP contribution >= 0.6 is 0 Å². The maximum Gasteiger partial charge on any atom is 0.0825 e. The second-order valence-corrected chi connectivity index (χ2v) is 3.83. The van der Waals surface area contributed by atoms with Gasteiger partial charge >= 0.3 is 0 Å². The first kappa shape index (κ1) is 8.24. The Hall–Kier alpha value is -0.860. The molecule has 0 aliphatic heterocycles. The number of aryl methyl sites for hydroxylation is 2. The van der Waals surface area contributed by atoms with Crippen LogP contribution in [0.1, 0.15) is 32.2 Å². The largest absolute Gasteiger partial charge is 0.179 e. The Morgan fingerprint density at radius 2 is 1.36 bits per heavy atom. The van der Waals surface area contributed by atoms with E-state index < -0.39 is 0 Å². The molecule has 11 heavy (non-hydrogen) atoms. The van der Waals surface area contributed by atoms with Gasteiger partial charge in [0.05, 0.1) is 16.9 Å². The molecule has 1 rings (SSSR count). The molecule has 0 fully saturated rings. The van der Waals surface area contributed by atoms with E-state index in [2.05, 4.69) is 31.0 Å². The summed E-state index contributed by atoms with van der Waals surface area (Å²) in [6, 6.07) is 0. The van der Waals surface area contributed by atoms with Crippen LogP contribution in [0.15, 0.2) is 0 Å². The van der Waals surface area contributed by atoms with Gasteiger partial charge in [-0.2, -0.15) is 15.0 Å². The summed E-state index contributed by atoms with van der Waals surface area (Å²) < 4.78 is 0. The van der Waals surface area contributed by atoms with Crippen LogP contribution in [0.25, 0.3) is 0 Å². The monoisotopic (exact) mass is 153 g/mol. The fourth-order valence-corrected chi connectivity index (χ4v) is 0.751. The first-order chi connectivity index (χ1) is 4.91. The molecule has 0 amide bonds. The molecule has 0 saturated carbocycles. The van der Waals surface area contributed by atoms with Crippen molar-refractivity contribution < 1.29 is 0 Å². The van der Waals surface area contributed by atoms with Crippen LogP contribution in [0.4, 0.5) is 0 Å². The molecule has 0 radical (unpaired) electrons. The molecule has 3 heteroatoms. The molecule has 1 aromatic rings. The van der Waals surface area contributed by atoms with E-state index in [1.165, 1.54) is 0 Å². The minimum absolute atomic E-state index is 0.000972. The fraction of sp³-hybridized carbons (Fsp3) is 0.750. The molecule has 1 aromatic heterocycles. The van der Waals surface area contributed by atoms with Crippen LogP contribution in [0.3, 0.4) is 0 Å². The lowest BCUT2D eigenvalue weighted by molar-refractivity contribution is 0.310. The van der Waals surface area contributed by atoms with Gasteiger partial charge in [0, 0.05) is 0 Å². The Balaban J connectivity index is 3.08. The van der Waals surface area contributed by atoms with Crippen molar-refractivity contribution in [3.8, 4) is 0 Å². The Labute approximate surface area is 67.4 Å². The van der Waals surface area contributed by atoms with Crippen molar-refractivity contribution in [2.24, 2.45) is 0 Å². The average molecular weight is 153 g/mol. The molecule has 0 aliphatic rings. The molecule has 1 heterocycles. The summed E-state index contributed by atoms with van der Waals surface area (Å²) in [7, 11) is 0. The van der Waals surface area contributed by atoms with E-state index in [0.717, 1.165) is 11.4 Å². The smallest absolute Gasteiger partial charge is 0.0825 e. The highest BCUT2D eigenvalue weighted by molar-refractivity contribution is 5.03. The lowest BCUT2D eigenvalue weighted by Gasteiger charge is -2.16. The summed E-state index contributed by atoms with van der Waals surface area (Å²) in [6.45, 7) is 10.2. The molecule has 0 saturated heterocycles. The Bertz CT molecular complexity index is 235. The van der Waals surface area contributed by atoms with Crippen LogP contribution < -0.4 is 0 Å². The molecule has 3 nitrogen and oxygen atoms in total. The first-order valence-electron chi connectivity index (χ1n) is 3.82. The van der Waals surface area contributed by atoms with Crippen molar-refractivity contribution in [1.82, 2.24) is 15.0 Å².